The van der Waals surface area contributed by atoms with Gasteiger partial charge in [0.05, 0.1) is 12.6 Å². The number of nitrogens with one attached hydrogen (secondary N) is 1. The van der Waals surface area contributed by atoms with Crippen molar-refractivity contribution in [3.8, 4) is 0 Å². The van der Waals surface area contributed by atoms with Crippen LogP contribution in [0.25, 0.3) is 0 Å². The third kappa shape index (κ3) is 4.18. The van der Waals surface area contributed by atoms with Crippen molar-refractivity contribution < 1.29 is 14.3 Å². The molecule has 1 heterocycles. The van der Waals surface area contributed by atoms with Crippen LogP contribution in [0.5, 0.6) is 0 Å². The van der Waals surface area contributed by atoms with Gasteiger partial charge < -0.3 is 20.7 Å². The molecule has 0 aromatic carbocycles. The largest absolute Gasteiger partial charge is 0.450 e. The highest BCUT2D eigenvalue weighted by molar-refractivity contribution is 5.81. The molecule has 0 aromatic rings. The lowest BCUT2D eigenvalue weighted by Crippen LogP contribution is -2.53. The lowest BCUT2D eigenvalue weighted by atomic mass is 10.0. The molecule has 2 atom stereocenters. The van der Waals surface area contributed by atoms with Crippen molar-refractivity contribution in [3.63, 3.8) is 0 Å². The Morgan fingerprint density at radius 2 is 2.22 bits per heavy atom. The monoisotopic (exact) mass is 257 g/mol. The predicted octanol–water partition coefficient (Wildman–Crippen LogP) is 0.461. The van der Waals surface area contributed by atoms with E-state index >= 15 is 0 Å². The number of alkyl carbamates (subject to hydrolysis) is 1. The molecule has 6 nitrogen and oxygen atoms in total. The second-order valence-electron chi connectivity index (χ2n) is 4.50. The molecule has 1 aliphatic heterocycles. The number of piperidine rings is 1. The summed E-state index contributed by atoms with van der Waals surface area (Å²) >= 11 is 0. The van der Waals surface area contributed by atoms with E-state index in [-0.39, 0.29) is 11.9 Å². The summed E-state index contributed by atoms with van der Waals surface area (Å²) in [5, 5.41) is 2.77. The van der Waals surface area contributed by atoms with Crippen molar-refractivity contribution >= 4 is 12.0 Å². The van der Waals surface area contributed by atoms with E-state index in [1.54, 1.807) is 11.8 Å². The molecule has 1 saturated heterocycles. The third-order valence-corrected chi connectivity index (χ3v) is 3.09. The Morgan fingerprint density at radius 1 is 1.50 bits per heavy atom. The summed E-state index contributed by atoms with van der Waals surface area (Å²) < 4.78 is 4.83. The number of nitrogens with zero attached hydrogens (tertiary/aromatic N) is 1. The van der Waals surface area contributed by atoms with Crippen LogP contribution in [-0.2, 0) is 9.53 Å². The number of carbonyl (C=O) groups excluding carboxylic acids is 2. The van der Waals surface area contributed by atoms with E-state index in [1.165, 1.54) is 0 Å². The number of carbonyl (C=O) groups is 2. The molecule has 0 saturated carbocycles. The van der Waals surface area contributed by atoms with Crippen LogP contribution >= 0.6 is 0 Å². The van der Waals surface area contributed by atoms with Crippen LogP contribution in [0.15, 0.2) is 0 Å². The molecular formula is C12H23N3O3. The van der Waals surface area contributed by atoms with E-state index in [0.717, 1.165) is 12.8 Å². The molecular weight excluding hydrogens is 234 g/mol. The quantitative estimate of drug-likeness (QED) is 0.766. The van der Waals surface area contributed by atoms with E-state index in [9.17, 15) is 9.59 Å². The number of nitrogens with two attached hydrogens (primary N) is 1. The Labute approximate surface area is 108 Å². The van der Waals surface area contributed by atoms with Crippen LogP contribution in [0.3, 0.4) is 0 Å². The van der Waals surface area contributed by atoms with Crippen molar-refractivity contribution in [1.29, 1.82) is 0 Å². The van der Waals surface area contributed by atoms with Gasteiger partial charge in [0, 0.05) is 19.1 Å². The van der Waals surface area contributed by atoms with Crippen molar-refractivity contribution in [1.82, 2.24) is 10.2 Å². The molecule has 1 fully saturated rings. The zero-order chi connectivity index (χ0) is 13.5. The molecule has 1 aliphatic rings. The van der Waals surface area contributed by atoms with Gasteiger partial charge in [-0.2, -0.15) is 0 Å². The average molecular weight is 257 g/mol. The van der Waals surface area contributed by atoms with Crippen LogP contribution in [0.4, 0.5) is 4.79 Å². The Kier molecular flexibility index (Phi) is 5.91. The lowest BCUT2D eigenvalue weighted by Gasteiger charge is -2.34. The summed E-state index contributed by atoms with van der Waals surface area (Å²) in [5.74, 6) is -0.0344. The molecule has 0 aliphatic carbocycles. The highest BCUT2D eigenvalue weighted by Gasteiger charge is 2.27. The van der Waals surface area contributed by atoms with Crippen molar-refractivity contribution in [3.05, 3.63) is 0 Å². The molecule has 3 N–H and O–H groups in total. The third-order valence-electron chi connectivity index (χ3n) is 3.09. The minimum Gasteiger partial charge on any atom is -0.450 e. The molecule has 18 heavy (non-hydrogen) atoms. The number of likely N-dealkylation sites (tertiary alicyclic amines) is 1. The summed E-state index contributed by atoms with van der Waals surface area (Å²) in [6.45, 7) is 5.23. The summed E-state index contributed by atoms with van der Waals surface area (Å²) in [7, 11) is 0. The average Bonchev–Trinajstić information content (AvgIpc) is 2.37. The summed E-state index contributed by atoms with van der Waals surface area (Å²) in [6, 6.07) is -0.475. The molecule has 0 bridgehead atoms. The van der Waals surface area contributed by atoms with Gasteiger partial charge in [0.25, 0.3) is 0 Å². The van der Waals surface area contributed by atoms with Crippen LogP contribution in [0, 0.1) is 0 Å². The minimum absolute atomic E-state index is 0.0344. The van der Waals surface area contributed by atoms with Crippen molar-refractivity contribution in [2.75, 3.05) is 19.7 Å². The summed E-state index contributed by atoms with van der Waals surface area (Å²) in [4.78, 5) is 25.0. The van der Waals surface area contributed by atoms with Gasteiger partial charge in [-0.25, -0.2) is 4.79 Å². The van der Waals surface area contributed by atoms with E-state index in [0.29, 0.717) is 26.1 Å². The van der Waals surface area contributed by atoms with Crippen LogP contribution in [0.1, 0.15) is 33.1 Å². The fourth-order valence-corrected chi connectivity index (χ4v) is 2.04. The number of amides is 2. The van der Waals surface area contributed by atoms with Gasteiger partial charge in [0.15, 0.2) is 0 Å². The molecule has 1 unspecified atom stereocenters. The van der Waals surface area contributed by atoms with Gasteiger partial charge in [-0.05, 0) is 26.2 Å². The van der Waals surface area contributed by atoms with Gasteiger partial charge in [0.2, 0.25) is 5.91 Å². The first-order chi connectivity index (χ1) is 8.58. The Morgan fingerprint density at radius 3 is 2.83 bits per heavy atom. The maximum absolute atomic E-state index is 11.9. The van der Waals surface area contributed by atoms with Crippen LogP contribution in [-0.4, -0.2) is 48.7 Å². The maximum atomic E-state index is 11.9. The number of hydrogen-bond donors (Lipinski definition) is 2. The van der Waals surface area contributed by atoms with Crippen molar-refractivity contribution in [2.45, 2.75) is 45.2 Å². The Bertz CT molecular complexity index is 296. The second kappa shape index (κ2) is 7.20. The van der Waals surface area contributed by atoms with E-state index in [2.05, 4.69) is 5.32 Å². The lowest BCUT2D eigenvalue weighted by molar-refractivity contribution is -0.134. The zero-order valence-corrected chi connectivity index (χ0v) is 11.1. The normalized spacial score (nSPS) is 21.3. The summed E-state index contributed by atoms with van der Waals surface area (Å²) in [6.07, 6.45) is 1.95. The number of ether oxygens (including phenoxy) is 1. The molecule has 1 rings (SSSR count). The molecule has 0 spiro atoms. The highest BCUT2D eigenvalue weighted by Crippen LogP contribution is 2.11. The standard InChI is InChI=1S/C12H23N3O3/c1-3-10(13)11(16)15-7-5-6-9(8-15)14-12(17)18-4-2/h9-10H,3-8,13H2,1-2H3,(H,14,17)/t9?,10-/m0/s1. The topological polar surface area (TPSA) is 84.7 Å². The van der Waals surface area contributed by atoms with Gasteiger partial charge in [-0.1, -0.05) is 6.92 Å². The molecule has 0 radical (unpaired) electrons. The number of hydrogen-bond acceptors (Lipinski definition) is 4. The first-order valence-electron chi connectivity index (χ1n) is 6.56. The Balaban J connectivity index is 2.45. The van der Waals surface area contributed by atoms with Crippen LogP contribution in [0.2, 0.25) is 0 Å². The van der Waals surface area contributed by atoms with E-state index < -0.39 is 12.1 Å². The maximum Gasteiger partial charge on any atom is 0.407 e. The zero-order valence-electron chi connectivity index (χ0n) is 11.1. The second-order valence-corrected chi connectivity index (χ2v) is 4.50. The van der Waals surface area contributed by atoms with Gasteiger partial charge >= 0.3 is 6.09 Å². The molecule has 0 aromatic heterocycles. The van der Waals surface area contributed by atoms with Crippen LogP contribution < -0.4 is 11.1 Å². The minimum atomic E-state index is -0.439. The molecule has 104 valence electrons. The van der Waals surface area contributed by atoms with Gasteiger partial charge in [0.1, 0.15) is 0 Å². The first-order valence-corrected chi connectivity index (χ1v) is 6.56. The highest BCUT2D eigenvalue weighted by atomic mass is 16.5. The SMILES string of the molecule is CCOC(=O)NC1CCCN(C(=O)[C@@H](N)CC)C1. The fourth-order valence-electron chi connectivity index (χ4n) is 2.04. The molecule has 6 heteroatoms. The van der Waals surface area contributed by atoms with Gasteiger partial charge in [-0.3, -0.25) is 4.79 Å². The van der Waals surface area contributed by atoms with Gasteiger partial charge in [-0.15, -0.1) is 0 Å². The van der Waals surface area contributed by atoms with E-state index in [4.69, 9.17) is 10.5 Å². The summed E-state index contributed by atoms with van der Waals surface area (Å²) in [5.41, 5.74) is 5.74. The predicted molar refractivity (Wildman–Crippen MR) is 68.0 cm³/mol. The Hall–Kier alpha value is -1.30. The smallest absolute Gasteiger partial charge is 0.407 e. The molecule has 2 amide bonds. The van der Waals surface area contributed by atoms with Crippen molar-refractivity contribution in [2.24, 2.45) is 5.73 Å². The number of rotatable bonds is 4. The van der Waals surface area contributed by atoms with E-state index in [1.807, 2.05) is 6.92 Å². The first kappa shape index (κ1) is 14.8. The fraction of sp³-hybridized carbons (Fsp3) is 0.833.